The molecular formula is C16H14ClNO2. The van der Waals surface area contributed by atoms with E-state index in [1.165, 1.54) is 6.07 Å². The van der Waals surface area contributed by atoms with Crippen molar-refractivity contribution in [3.8, 4) is 11.5 Å². The van der Waals surface area contributed by atoms with Gasteiger partial charge in [0.2, 0.25) is 0 Å². The van der Waals surface area contributed by atoms with Crippen molar-refractivity contribution < 1.29 is 9.84 Å². The highest BCUT2D eigenvalue weighted by molar-refractivity contribution is 6.30. The predicted octanol–water partition coefficient (Wildman–Crippen LogP) is 4.47. The summed E-state index contributed by atoms with van der Waals surface area (Å²) in [5.74, 6) is 0.888. The van der Waals surface area contributed by atoms with Gasteiger partial charge in [-0.05, 0) is 36.4 Å². The van der Waals surface area contributed by atoms with Crippen LogP contribution in [0.5, 0.6) is 11.5 Å². The highest BCUT2D eigenvalue weighted by Crippen LogP contribution is 2.28. The third-order valence-electron chi connectivity index (χ3n) is 2.65. The van der Waals surface area contributed by atoms with E-state index in [4.69, 9.17) is 16.3 Å². The van der Waals surface area contributed by atoms with Gasteiger partial charge in [-0.15, -0.1) is 0 Å². The third-order valence-corrected chi connectivity index (χ3v) is 2.89. The lowest BCUT2D eigenvalue weighted by Gasteiger charge is -2.02. The minimum atomic E-state index is 0.0938. The van der Waals surface area contributed by atoms with Gasteiger partial charge in [-0.3, -0.25) is 4.99 Å². The Bertz CT molecular complexity index is 651. The SMILES string of the molecule is COc1ccccc1/C=C/C=Nc1cc(Cl)ccc1O. The quantitative estimate of drug-likeness (QED) is 0.843. The molecule has 0 atom stereocenters. The number of para-hydroxylation sites is 1. The van der Waals surface area contributed by atoms with Crippen LogP contribution in [-0.2, 0) is 0 Å². The number of phenols is 1. The fraction of sp³-hybridized carbons (Fsp3) is 0.0625. The van der Waals surface area contributed by atoms with Crippen LogP contribution in [0, 0.1) is 0 Å². The minimum Gasteiger partial charge on any atom is -0.506 e. The number of rotatable bonds is 4. The van der Waals surface area contributed by atoms with E-state index in [9.17, 15) is 5.11 Å². The molecule has 102 valence electrons. The number of hydrogen-bond donors (Lipinski definition) is 1. The summed E-state index contributed by atoms with van der Waals surface area (Å²) in [6, 6.07) is 12.4. The van der Waals surface area contributed by atoms with Gasteiger partial charge in [-0.2, -0.15) is 0 Å². The van der Waals surface area contributed by atoms with Crippen LogP contribution >= 0.6 is 11.6 Å². The second kappa shape index (κ2) is 6.78. The van der Waals surface area contributed by atoms with E-state index >= 15 is 0 Å². The normalized spacial score (nSPS) is 11.3. The molecule has 0 aliphatic rings. The van der Waals surface area contributed by atoms with E-state index in [2.05, 4.69) is 4.99 Å². The molecule has 0 aromatic heterocycles. The van der Waals surface area contributed by atoms with E-state index in [-0.39, 0.29) is 5.75 Å². The Hall–Kier alpha value is -2.26. The summed E-state index contributed by atoms with van der Waals surface area (Å²) in [4.78, 5) is 4.15. The Labute approximate surface area is 122 Å². The van der Waals surface area contributed by atoms with E-state index < -0.39 is 0 Å². The topological polar surface area (TPSA) is 41.8 Å². The number of benzene rings is 2. The molecule has 0 saturated heterocycles. The highest BCUT2D eigenvalue weighted by Gasteiger charge is 1.98. The van der Waals surface area contributed by atoms with Crippen molar-refractivity contribution in [2.75, 3.05) is 7.11 Å². The van der Waals surface area contributed by atoms with Gasteiger partial charge in [0.15, 0.2) is 0 Å². The summed E-state index contributed by atoms with van der Waals surface area (Å²) in [5, 5.41) is 10.1. The Balaban J connectivity index is 2.13. The lowest BCUT2D eigenvalue weighted by molar-refractivity contribution is 0.414. The molecule has 4 heteroatoms. The zero-order valence-electron chi connectivity index (χ0n) is 11.0. The number of methoxy groups -OCH3 is 1. The average Bonchev–Trinajstić information content (AvgIpc) is 2.47. The van der Waals surface area contributed by atoms with Gasteiger partial charge >= 0.3 is 0 Å². The van der Waals surface area contributed by atoms with E-state index in [1.807, 2.05) is 30.3 Å². The zero-order valence-corrected chi connectivity index (χ0v) is 11.7. The number of phenolic OH excluding ortho intramolecular Hbond substituents is 1. The molecular weight excluding hydrogens is 274 g/mol. The zero-order chi connectivity index (χ0) is 14.4. The summed E-state index contributed by atoms with van der Waals surface area (Å²) >= 11 is 5.85. The molecule has 0 radical (unpaired) electrons. The molecule has 20 heavy (non-hydrogen) atoms. The number of allylic oxidation sites excluding steroid dienone is 1. The molecule has 3 nitrogen and oxygen atoms in total. The van der Waals surface area contributed by atoms with Crippen molar-refractivity contribution in [1.82, 2.24) is 0 Å². The van der Waals surface area contributed by atoms with Gasteiger partial charge in [-0.1, -0.05) is 29.8 Å². The van der Waals surface area contributed by atoms with Crippen LogP contribution in [0.25, 0.3) is 6.08 Å². The Morgan fingerprint density at radius 1 is 1.20 bits per heavy atom. The number of ether oxygens (including phenoxy) is 1. The number of aromatic hydroxyl groups is 1. The standard InChI is InChI=1S/C16H14ClNO2/c1-20-16-7-3-2-5-12(16)6-4-10-18-14-11-13(17)8-9-15(14)19/h2-11,19H,1H3/b6-4+,18-10?. The van der Waals surface area contributed by atoms with Gasteiger partial charge in [0, 0.05) is 16.8 Å². The number of aliphatic imine (C=N–C) groups is 1. The van der Waals surface area contributed by atoms with Crippen LogP contribution in [0.4, 0.5) is 5.69 Å². The second-order valence-electron chi connectivity index (χ2n) is 4.01. The Morgan fingerprint density at radius 3 is 2.80 bits per heavy atom. The summed E-state index contributed by atoms with van der Waals surface area (Å²) < 4.78 is 5.24. The lowest BCUT2D eigenvalue weighted by atomic mass is 10.2. The molecule has 0 fully saturated rings. The molecule has 0 unspecified atom stereocenters. The van der Waals surface area contributed by atoms with Crippen molar-refractivity contribution in [3.63, 3.8) is 0 Å². The average molecular weight is 288 g/mol. The maximum Gasteiger partial charge on any atom is 0.141 e. The molecule has 0 heterocycles. The van der Waals surface area contributed by atoms with Crippen molar-refractivity contribution >= 4 is 29.6 Å². The fourth-order valence-electron chi connectivity index (χ4n) is 1.67. The summed E-state index contributed by atoms with van der Waals surface area (Å²) in [7, 11) is 1.63. The van der Waals surface area contributed by atoms with Crippen LogP contribution in [-0.4, -0.2) is 18.4 Å². The molecule has 2 rings (SSSR count). The van der Waals surface area contributed by atoms with Crippen LogP contribution in [0.2, 0.25) is 5.02 Å². The van der Waals surface area contributed by atoms with Gasteiger partial charge < -0.3 is 9.84 Å². The number of nitrogens with zero attached hydrogens (tertiary/aromatic N) is 1. The van der Waals surface area contributed by atoms with Crippen molar-refractivity contribution in [3.05, 3.63) is 59.1 Å². The van der Waals surface area contributed by atoms with Crippen LogP contribution in [0.15, 0.2) is 53.5 Å². The maximum absolute atomic E-state index is 9.62. The molecule has 2 aromatic carbocycles. The van der Waals surface area contributed by atoms with Crippen LogP contribution in [0.3, 0.4) is 0 Å². The molecule has 2 aromatic rings. The first-order valence-corrected chi connectivity index (χ1v) is 6.41. The first kappa shape index (κ1) is 14.2. The van der Waals surface area contributed by atoms with E-state index in [0.717, 1.165) is 11.3 Å². The second-order valence-corrected chi connectivity index (χ2v) is 4.45. The van der Waals surface area contributed by atoms with Gasteiger partial charge in [0.05, 0.1) is 7.11 Å². The van der Waals surface area contributed by atoms with Crippen LogP contribution < -0.4 is 4.74 Å². The Morgan fingerprint density at radius 2 is 2.00 bits per heavy atom. The third kappa shape index (κ3) is 3.62. The van der Waals surface area contributed by atoms with Crippen molar-refractivity contribution in [2.45, 2.75) is 0 Å². The monoisotopic (exact) mass is 287 g/mol. The molecule has 0 spiro atoms. The smallest absolute Gasteiger partial charge is 0.141 e. The van der Waals surface area contributed by atoms with Crippen LogP contribution in [0.1, 0.15) is 5.56 Å². The molecule has 0 aliphatic heterocycles. The minimum absolute atomic E-state index is 0.0938. The summed E-state index contributed by atoms with van der Waals surface area (Å²) in [5.41, 5.74) is 1.39. The van der Waals surface area contributed by atoms with Crippen molar-refractivity contribution in [2.24, 2.45) is 4.99 Å². The van der Waals surface area contributed by atoms with Gasteiger partial charge in [0.1, 0.15) is 17.2 Å². The van der Waals surface area contributed by atoms with E-state index in [1.54, 1.807) is 31.5 Å². The summed E-state index contributed by atoms with van der Waals surface area (Å²) in [6.45, 7) is 0. The molecule has 0 aliphatic carbocycles. The molecule has 0 bridgehead atoms. The summed E-state index contributed by atoms with van der Waals surface area (Å²) in [6.07, 6.45) is 5.25. The molecule has 0 saturated carbocycles. The lowest BCUT2D eigenvalue weighted by Crippen LogP contribution is -1.85. The maximum atomic E-state index is 9.62. The van der Waals surface area contributed by atoms with Gasteiger partial charge in [0.25, 0.3) is 0 Å². The largest absolute Gasteiger partial charge is 0.506 e. The van der Waals surface area contributed by atoms with Gasteiger partial charge in [-0.25, -0.2) is 0 Å². The Kier molecular flexibility index (Phi) is 4.80. The first-order valence-electron chi connectivity index (χ1n) is 6.03. The first-order chi connectivity index (χ1) is 9.70. The fourth-order valence-corrected chi connectivity index (χ4v) is 1.84. The predicted molar refractivity (Wildman–Crippen MR) is 83.3 cm³/mol. The van der Waals surface area contributed by atoms with Crippen molar-refractivity contribution in [1.29, 1.82) is 0 Å². The molecule has 0 amide bonds. The van der Waals surface area contributed by atoms with E-state index in [0.29, 0.717) is 10.7 Å². The molecule has 1 N–H and O–H groups in total. The number of halogens is 1. The highest BCUT2D eigenvalue weighted by atomic mass is 35.5. The number of hydrogen-bond acceptors (Lipinski definition) is 3.